The van der Waals surface area contributed by atoms with Gasteiger partial charge in [-0.15, -0.1) is 0 Å². The maximum Gasteiger partial charge on any atom is 0.252 e. The lowest BCUT2D eigenvalue weighted by atomic mass is 10.0. The lowest BCUT2D eigenvalue weighted by Crippen LogP contribution is -2.43. The topological polar surface area (TPSA) is 75.3 Å². The summed E-state index contributed by atoms with van der Waals surface area (Å²) in [5, 5.41) is 8.90. The molecule has 0 aliphatic carbocycles. The molecule has 0 fully saturated rings. The first-order valence-electron chi connectivity index (χ1n) is 8.84. The molecule has 0 bridgehead atoms. The van der Waals surface area contributed by atoms with E-state index in [1.165, 1.54) is 29.5 Å². The van der Waals surface area contributed by atoms with Crippen LogP contribution < -0.4 is 10.6 Å². The molecule has 27 heavy (non-hydrogen) atoms. The molecule has 0 saturated heterocycles. The first-order chi connectivity index (χ1) is 13.0. The van der Waals surface area contributed by atoms with Crippen molar-refractivity contribution in [3.63, 3.8) is 0 Å². The molecule has 0 saturated carbocycles. The van der Waals surface area contributed by atoms with Crippen LogP contribution in [0.5, 0.6) is 0 Å². The normalized spacial score (nSPS) is 11.6. The molecule has 144 valence electrons. The van der Waals surface area contributed by atoms with E-state index in [1.54, 1.807) is 29.8 Å². The molecular formula is C20H23FN2O3S. The van der Waals surface area contributed by atoms with Crippen molar-refractivity contribution in [1.82, 2.24) is 5.32 Å². The molecule has 7 heteroatoms. The van der Waals surface area contributed by atoms with Gasteiger partial charge in [-0.25, -0.2) is 4.39 Å². The Morgan fingerprint density at radius 3 is 2.63 bits per heavy atom. The summed E-state index contributed by atoms with van der Waals surface area (Å²) in [4.78, 5) is 35.9. The van der Waals surface area contributed by atoms with Gasteiger partial charge >= 0.3 is 0 Å². The van der Waals surface area contributed by atoms with E-state index >= 15 is 0 Å². The lowest BCUT2D eigenvalue weighted by molar-refractivity contribution is -0.118. The second kappa shape index (κ2) is 10.6. The number of ketones is 1. The Balaban J connectivity index is 1.97. The van der Waals surface area contributed by atoms with Crippen LogP contribution in [0.3, 0.4) is 0 Å². The Morgan fingerprint density at radius 2 is 1.96 bits per heavy atom. The summed E-state index contributed by atoms with van der Waals surface area (Å²) in [6.45, 7) is 1.55. The van der Waals surface area contributed by atoms with E-state index < -0.39 is 17.8 Å². The zero-order chi connectivity index (χ0) is 19.6. The Bertz CT molecular complexity index is 777. The minimum atomic E-state index is -0.738. The van der Waals surface area contributed by atoms with Gasteiger partial charge < -0.3 is 15.4 Å². The SMILES string of the molecule is CC(=O)CCCCC[C@H](NC(=O)c1ccsc1)C(=O)Nc1cccc(F)c1. The van der Waals surface area contributed by atoms with E-state index in [1.807, 2.05) is 0 Å². The number of unbranched alkanes of at least 4 members (excludes halogenated alkanes) is 2. The molecule has 1 heterocycles. The molecule has 2 amide bonds. The smallest absolute Gasteiger partial charge is 0.252 e. The van der Waals surface area contributed by atoms with Gasteiger partial charge in [-0.05, 0) is 49.4 Å². The highest BCUT2D eigenvalue weighted by Gasteiger charge is 2.21. The Labute approximate surface area is 162 Å². The van der Waals surface area contributed by atoms with Gasteiger partial charge in [0.15, 0.2) is 0 Å². The quantitative estimate of drug-likeness (QED) is 0.598. The van der Waals surface area contributed by atoms with Crippen molar-refractivity contribution in [2.24, 2.45) is 0 Å². The predicted octanol–water partition coefficient (Wildman–Crippen LogP) is 4.16. The minimum Gasteiger partial charge on any atom is -0.340 e. The number of hydrogen-bond donors (Lipinski definition) is 2. The van der Waals surface area contributed by atoms with Crippen molar-refractivity contribution in [2.75, 3.05) is 5.32 Å². The van der Waals surface area contributed by atoms with E-state index in [0.29, 0.717) is 30.5 Å². The number of amides is 2. The Morgan fingerprint density at radius 1 is 1.15 bits per heavy atom. The molecule has 1 aromatic carbocycles. The summed E-state index contributed by atoms with van der Waals surface area (Å²) in [5.41, 5.74) is 0.839. The Kier molecular flexibility index (Phi) is 8.13. The average Bonchev–Trinajstić information content (AvgIpc) is 3.14. The van der Waals surface area contributed by atoms with Gasteiger partial charge in [-0.2, -0.15) is 11.3 Å². The van der Waals surface area contributed by atoms with Gasteiger partial charge in [0.1, 0.15) is 17.6 Å². The van der Waals surface area contributed by atoms with Crippen LogP contribution in [0.1, 0.15) is 49.4 Å². The second-order valence-corrected chi connectivity index (χ2v) is 7.12. The number of rotatable bonds is 10. The first-order valence-corrected chi connectivity index (χ1v) is 9.79. The van der Waals surface area contributed by atoms with Crippen molar-refractivity contribution >= 4 is 34.6 Å². The summed E-state index contributed by atoms with van der Waals surface area (Å²) < 4.78 is 13.3. The number of Topliss-reactive ketones (excluding diaryl/α,β-unsaturated/α-hetero) is 1. The maximum atomic E-state index is 13.3. The fourth-order valence-electron chi connectivity index (χ4n) is 2.60. The van der Waals surface area contributed by atoms with Crippen molar-refractivity contribution in [2.45, 2.75) is 45.1 Å². The number of hydrogen-bond acceptors (Lipinski definition) is 4. The highest BCUT2D eigenvalue weighted by molar-refractivity contribution is 7.08. The summed E-state index contributed by atoms with van der Waals surface area (Å²) >= 11 is 1.40. The molecular weight excluding hydrogens is 367 g/mol. The third kappa shape index (κ3) is 7.30. The lowest BCUT2D eigenvalue weighted by Gasteiger charge is -2.18. The number of thiophene rings is 1. The third-order valence-electron chi connectivity index (χ3n) is 4.02. The fraction of sp³-hybridized carbons (Fsp3) is 0.350. The van der Waals surface area contributed by atoms with E-state index in [4.69, 9.17) is 0 Å². The number of halogens is 1. The van der Waals surface area contributed by atoms with Crippen molar-refractivity contribution in [3.05, 3.63) is 52.5 Å². The molecule has 0 aliphatic heterocycles. The summed E-state index contributed by atoms with van der Waals surface area (Å²) in [6, 6.07) is 6.56. The van der Waals surface area contributed by atoms with Gasteiger partial charge in [-0.3, -0.25) is 9.59 Å². The molecule has 2 aromatic rings. The summed E-state index contributed by atoms with van der Waals surface area (Å²) in [6.07, 6.45) is 3.19. The fourth-order valence-corrected chi connectivity index (χ4v) is 3.23. The molecule has 2 rings (SSSR count). The van der Waals surface area contributed by atoms with Crippen LogP contribution in [0.15, 0.2) is 41.1 Å². The van der Waals surface area contributed by atoms with Crippen molar-refractivity contribution in [3.8, 4) is 0 Å². The number of carbonyl (C=O) groups is 3. The van der Waals surface area contributed by atoms with Crippen LogP contribution >= 0.6 is 11.3 Å². The van der Waals surface area contributed by atoms with Gasteiger partial charge in [0.05, 0.1) is 5.56 Å². The largest absolute Gasteiger partial charge is 0.340 e. The molecule has 2 N–H and O–H groups in total. The summed E-state index contributed by atoms with van der Waals surface area (Å²) in [5.74, 6) is -1.02. The average molecular weight is 390 g/mol. The van der Waals surface area contributed by atoms with E-state index in [0.717, 1.165) is 12.8 Å². The number of anilines is 1. The number of benzene rings is 1. The second-order valence-electron chi connectivity index (χ2n) is 6.34. The van der Waals surface area contributed by atoms with Crippen LogP contribution in [-0.4, -0.2) is 23.6 Å². The molecule has 0 spiro atoms. The van der Waals surface area contributed by atoms with Gasteiger partial charge in [0, 0.05) is 17.5 Å². The molecule has 1 atom stereocenters. The Hall–Kier alpha value is -2.54. The van der Waals surface area contributed by atoms with E-state index in [-0.39, 0.29) is 11.7 Å². The van der Waals surface area contributed by atoms with Crippen LogP contribution in [0.4, 0.5) is 10.1 Å². The third-order valence-corrected chi connectivity index (χ3v) is 4.70. The van der Waals surface area contributed by atoms with Crippen molar-refractivity contribution < 1.29 is 18.8 Å². The summed E-state index contributed by atoms with van der Waals surface area (Å²) in [7, 11) is 0. The highest BCUT2D eigenvalue weighted by Crippen LogP contribution is 2.13. The zero-order valence-corrected chi connectivity index (χ0v) is 16.0. The van der Waals surface area contributed by atoms with E-state index in [9.17, 15) is 18.8 Å². The first kappa shape index (κ1) is 20.8. The maximum absolute atomic E-state index is 13.3. The van der Waals surface area contributed by atoms with Crippen LogP contribution in [0.2, 0.25) is 0 Å². The molecule has 0 aliphatic rings. The standard InChI is InChI=1S/C20H23FN2O3S/c1-14(24)6-3-2-4-9-18(23-19(25)15-10-11-27-13-15)20(26)22-17-8-5-7-16(21)12-17/h5,7-8,10-13,18H,2-4,6,9H2,1H3,(H,22,26)(H,23,25)/t18-/m0/s1. The number of nitrogens with one attached hydrogen (secondary N) is 2. The molecule has 1 aromatic heterocycles. The highest BCUT2D eigenvalue weighted by atomic mass is 32.1. The van der Waals surface area contributed by atoms with Crippen molar-refractivity contribution in [1.29, 1.82) is 0 Å². The zero-order valence-electron chi connectivity index (χ0n) is 15.2. The van der Waals surface area contributed by atoms with Gasteiger partial charge in [0.25, 0.3) is 5.91 Å². The van der Waals surface area contributed by atoms with Crippen LogP contribution in [0.25, 0.3) is 0 Å². The minimum absolute atomic E-state index is 0.140. The number of carbonyl (C=O) groups excluding carboxylic acids is 3. The van der Waals surface area contributed by atoms with Gasteiger partial charge in [-0.1, -0.05) is 18.9 Å². The van der Waals surface area contributed by atoms with Gasteiger partial charge in [0.2, 0.25) is 5.91 Å². The monoisotopic (exact) mass is 390 g/mol. The van der Waals surface area contributed by atoms with Crippen LogP contribution in [-0.2, 0) is 9.59 Å². The molecule has 5 nitrogen and oxygen atoms in total. The molecule has 0 unspecified atom stereocenters. The van der Waals surface area contributed by atoms with E-state index in [2.05, 4.69) is 10.6 Å². The van der Waals surface area contributed by atoms with Crippen LogP contribution in [0, 0.1) is 5.82 Å². The predicted molar refractivity (Wildman–Crippen MR) is 104 cm³/mol. The molecule has 0 radical (unpaired) electrons.